The molecule has 2 aliphatic carbocycles. The van der Waals surface area contributed by atoms with E-state index in [1.54, 1.807) is 0 Å². The molecule has 1 heterocycles. The zero-order valence-corrected chi connectivity index (χ0v) is 26.9. The van der Waals surface area contributed by atoms with E-state index in [4.69, 9.17) is 0 Å². The Hall–Kier alpha value is -3.66. The summed E-state index contributed by atoms with van der Waals surface area (Å²) >= 11 is 5.56. The van der Waals surface area contributed by atoms with Gasteiger partial charge in [0, 0.05) is 52.9 Å². The first kappa shape index (κ1) is 27.2. The standard InChI is InChI=1S/C39H34BrNS/c1-25-14-17-28(22-23-38(2,3)37-36(25)32-11-7-9-13-35(32)42-37)41(27-18-15-26(40)16-19-27)29-20-21-31-30-10-6-8-12-33(30)39(4,5)34(31)24-29/h6-22,24H,1,23H2,2-5H3/b17-14-,28-22+. The van der Waals surface area contributed by atoms with E-state index in [9.17, 15) is 0 Å². The predicted octanol–water partition coefficient (Wildman–Crippen LogP) is 11.9. The van der Waals surface area contributed by atoms with E-state index >= 15 is 0 Å². The van der Waals surface area contributed by atoms with Gasteiger partial charge in [-0.05, 0) is 82.8 Å². The number of halogens is 1. The molecule has 4 aromatic carbocycles. The summed E-state index contributed by atoms with van der Waals surface area (Å²) < 4.78 is 2.40. The van der Waals surface area contributed by atoms with Crippen molar-refractivity contribution in [1.82, 2.24) is 0 Å². The average molecular weight is 629 g/mol. The minimum Gasteiger partial charge on any atom is -0.311 e. The highest BCUT2D eigenvalue weighted by Crippen LogP contribution is 2.51. The fraction of sp³-hybridized carbons (Fsp3) is 0.179. The van der Waals surface area contributed by atoms with Crippen LogP contribution in [0.3, 0.4) is 0 Å². The third kappa shape index (κ3) is 4.33. The molecule has 0 fully saturated rings. The second-order valence-electron chi connectivity index (χ2n) is 12.6. The van der Waals surface area contributed by atoms with Gasteiger partial charge in [0.15, 0.2) is 0 Å². The molecule has 0 aliphatic heterocycles. The van der Waals surface area contributed by atoms with Crippen LogP contribution in [0.15, 0.2) is 126 Å². The van der Waals surface area contributed by atoms with Crippen LogP contribution in [-0.4, -0.2) is 0 Å². The van der Waals surface area contributed by atoms with E-state index in [-0.39, 0.29) is 10.8 Å². The van der Waals surface area contributed by atoms with Crippen molar-refractivity contribution >= 4 is 54.3 Å². The molecule has 3 heteroatoms. The first-order valence-corrected chi connectivity index (χ1v) is 16.2. The van der Waals surface area contributed by atoms with Gasteiger partial charge in [-0.2, -0.15) is 0 Å². The minimum atomic E-state index is -0.0679. The molecule has 0 N–H and O–H groups in total. The Balaban J connectivity index is 1.39. The highest BCUT2D eigenvalue weighted by molar-refractivity contribution is 9.10. The third-order valence-corrected chi connectivity index (χ3v) is 11.0. The lowest BCUT2D eigenvalue weighted by molar-refractivity contribution is 0.544. The number of hydrogen-bond donors (Lipinski definition) is 0. The molecule has 2 aliphatic rings. The van der Waals surface area contributed by atoms with E-state index in [1.807, 2.05) is 11.3 Å². The second kappa shape index (κ2) is 9.97. The number of benzene rings is 4. The van der Waals surface area contributed by atoms with Crippen molar-refractivity contribution in [3.63, 3.8) is 0 Å². The van der Waals surface area contributed by atoms with Gasteiger partial charge in [0.1, 0.15) is 0 Å². The lowest BCUT2D eigenvalue weighted by atomic mass is 9.82. The molecule has 208 valence electrons. The minimum absolute atomic E-state index is 0.0494. The zero-order chi connectivity index (χ0) is 29.2. The van der Waals surface area contributed by atoms with Crippen LogP contribution < -0.4 is 4.90 Å². The molecule has 1 aromatic heterocycles. The SMILES string of the molecule is C=C1/C=C\C(N(c2ccc(Br)cc2)c2ccc3c(c2)C(C)(C)c2ccccc2-3)=C/CC(C)(C)c2sc3ccccc3c21. The lowest BCUT2D eigenvalue weighted by Crippen LogP contribution is -2.20. The van der Waals surface area contributed by atoms with Crippen molar-refractivity contribution in [2.75, 3.05) is 4.90 Å². The van der Waals surface area contributed by atoms with Gasteiger partial charge >= 0.3 is 0 Å². The Bertz CT molecular complexity index is 1930. The summed E-state index contributed by atoms with van der Waals surface area (Å²) in [7, 11) is 0. The molecular weight excluding hydrogens is 594 g/mol. The molecule has 0 amide bonds. The van der Waals surface area contributed by atoms with Crippen molar-refractivity contribution in [2.45, 2.75) is 44.9 Å². The summed E-state index contributed by atoms with van der Waals surface area (Å²) in [6.45, 7) is 14.0. The van der Waals surface area contributed by atoms with Gasteiger partial charge in [-0.25, -0.2) is 0 Å². The number of thiophene rings is 1. The van der Waals surface area contributed by atoms with E-state index < -0.39 is 0 Å². The van der Waals surface area contributed by atoms with E-state index in [0.29, 0.717) is 0 Å². The Morgan fingerprint density at radius 3 is 2.26 bits per heavy atom. The van der Waals surface area contributed by atoms with Crippen molar-refractivity contribution in [2.24, 2.45) is 0 Å². The van der Waals surface area contributed by atoms with Gasteiger partial charge in [0.05, 0.1) is 0 Å². The summed E-state index contributed by atoms with van der Waals surface area (Å²) in [5.41, 5.74) is 11.1. The maximum Gasteiger partial charge on any atom is 0.0464 e. The van der Waals surface area contributed by atoms with Crippen LogP contribution in [0, 0.1) is 0 Å². The smallest absolute Gasteiger partial charge is 0.0464 e. The monoisotopic (exact) mass is 627 g/mol. The molecule has 5 aromatic rings. The number of anilines is 2. The summed E-state index contributed by atoms with van der Waals surface area (Å²) in [5, 5.41) is 1.30. The van der Waals surface area contributed by atoms with Crippen molar-refractivity contribution in [1.29, 1.82) is 0 Å². The van der Waals surface area contributed by atoms with E-state index in [1.165, 1.54) is 42.8 Å². The quantitative estimate of drug-likeness (QED) is 0.192. The van der Waals surface area contributed by atoms with Crippen LogP contribution in [0.4, 0.5) is 11.4 Å². The molecule has 0 saturated carbocycles. The first-order chi connectivity index (χ1) is 20.1. The van der Waals surface area contributed by atoms with Gasteiger partial charge in [0.25, 0.3) is 0 Å². The van der Waals surface area contributed by atoms with Crippen molar-refractivity contribution in [3.05, 3.63) is 148 Å². The van der Waals surface area contributed by atoms with E-state index in [2.05, 4.69) is 164 Å². The molecule has 7 rings (SSSR count). The number of nitrogens with zero attached hydrogens (tertiary/aromatic N) is 1. The fourth-order valence-electron chi connectivity index (χ4n) is 6.67. The number of fused-ring (bicyclic) bond motifs is 6. The number of allylic oxidation sites excluding steroid dienone is 4. The topological polar surface area (TPSA) is 3.24 Å². The maximum atomic E-state index is 4.59. The van der Waals surface area contributed by atoms with E-state index in [0.717, 1.165) is 33.5 Å². The van der Waals surface area contributed by atoms with Crippen LogP contribution >= 0.6 is 27.3 Å². The number of hydrogen-bond acceptors (Lipinski definition) is 2. The van der Waals surface area contributed by atoms with Crippen LogP contribution in [0.25, 0.3) is 26.8 Å². The molecular formula is C39H34BrNS. The third-order valence-electron chi connectivity index (χ3n) is 8.98. The summed E-state index contributed by atoms with van der Waals surface area (Å²) in [6.07, 6.45) is 7.80. The van der Waals surface area contributed by atoms with Gasteiger partial charge in [-0.3, -0.25) is 0 Å². The molecule has 0 bridgehead atoms. The van der Waals surface area contributed by atoms with Gasteiger partial charge in [0.2, 0.25) is 0 Å². The predicted molar refractivity (Wildman–Crippen MR) is 186 cm³/mol. The van der Waals surface area contributed by atoms with Crippen LogP contribution in [0.1, 0.15) is 55.7 Å². The summed E-state index contributed by atoms with van der Waals surface area (Å²) in [5.74, 6) is 0. The first-order valence-electron chi connectivity index (χ1n) is 14.5. The zero-order valence-electron chi connectivity index (χ0n) is 24.5. The van der Waals surface area contributed by atoms with Gasteiger partial charge in [-0.15, -0.1) is 11.3 Å². The maximum absolute atomic E-state index is 4.59. The second-order valence-corrected chi connectivity index (χ2v) is 14.6. The van der Waals surface area contributed by atoms with Crippen LogP contribution in [0.5, 0.6) is 0 Å². The van der Waals surface area contributed by atoms with Gasteiger partial charge < -0.3 is 4.90 Å². The normalized spacial score (nSPS) is 18.6. The fourth-order valence-corrected chi connectivity index (χ4v) is 8.28. The largest absolute Gasteiger partial charge is 0.311 e. The molecule has 0 radical (unpaired) electrons. The molecule has 1 nitrogen and oxygen atoms in total. The Kier molecular flexibility index (Phi) is 6.45. The lowest BCUT2D eigenvalue weighted by Gasteiger charge is -2.30. The highest BCUT2D eigenvalue weighted by Gasteiger charge is 2.36. The summed E-state index contributed by atoms with van der Waals surface area (Å²) in [4.78, 5) is 3.81. The molecule has 0 atom stereocenters. The molecule has 0 spiro atoms. The van der Waals surface area contributed by atoms with Crippen LogP contribution in [-0.2, 0) is 10.8 Å². The highest BCUT2D eigenvalue weighted by atomic mass is 79.9. The van der Waals surface area contributed by atoms with Crippen molar-refractivity contribution in [3.8, 4) is 11.1 Å². The number of rotatable bonds is 3. The Morgan fingerprint density at radius 2 is 1.45 bits per heavy atom. The Morgan fingerprint density at radius 1 is 0.762 bits per heavy atom. The molecule has 0 saturated heterocycles. The van der Waals surface area contributed by atoms with Crippen LogP contribution in [0.2, 0.25) is 0 Å². The molecule has 42 heavy (non-hydrogen) atoms. The molecule has 0 unspecified atom stereocenters. The summed E-state index contributed by atoms with van der Waals surface area (Å²) in [6, 6.07) is 33.2. The van der Waals surface area contributed by atoms with Gasteiger partial charge in [-0.1, -0.05) is 111 Å². The Labute approximate surface area is 261 Å². The van der Waals surface area contributed by atoms with Crippen molar-refractivity contribution < 1.29 is 0 Å². The average Bonchev–Trinajstić information content (AvgIpc) is 3.50.